The molecule has 4 nitrogen and oxygen atoms in total. The van der Waals surface area contributed by atoms with Crippen LogP contribution in [0.15, 0.2) is 24.3 Å². The molecule has 5 heteroatoms. The van der Waals surface area contributed by atoms with Gasteiger partial charge in [-0.3, -0.25) is 4.79 Å². The molecule has 1 atom stereocenters. The van der Waals surface area contributed by atoms with E-state index in [1.54, 1.807) is 12.1 Å². The van der Waals surface area contributed by atoms with Gasteiger partial charge in [-0.1, -0.05) is 23.7 Å². The lowest BCUT2D eigenvalue weighted by Crippen LogP contribution is -2.43. The van der Waals surface area contributed by atoms with Crippen molar-refractivity contribution in [2.75, 3.05) is 13.2 Å². The molecule has 0 saturated heterocycles. The first kappa shape index (κ1) is 13.0. The highest BCUT2D eigenvalue weighted by molar-refractivity contribution is 6.30. The number of carbonyl (C=O) groups is 1. The van der Waals surface area contributed by atoms with Crippen LogP contribution in [0, 0.1) is 0 Å². The molecule has 0 heterocycles. The summed E-state index contributed by atoms with van der Waals surface area (Å²) in [5.74, 6) is -0.337. The number of amides is 1. The molecule has 0 bridgehead atoms. The van der Waals surface area contributed by atoms with Crippen LogP contribution >= 0.6 is 11.6 Å². The fourth-order valence-corrected chi connectivity index (χ4v) is 1.32. The Balaban J connectivity index is 2.30. The number of nitrogens with one attached hydrogen (secondary N) is 1. The first-order valence-corrected chi connectivity index (χ1v) is 5.40. The summed E-state index contributed by atoms with van der Waals surface area (Å²) < 4.78 is 0. The van der Waals surface area contributed by atoms with E-state index < -0.39 is 6.04 Å². The van der Waals surface area contributed by atoms with E-state index in [1.165, 1.54) is 0 Å². The number of hydrogen-bond donors (Lipinski definition) is 3. The molecule has 0 saturated carbocycles. The van der Waals surface area contributed by atoms with Gasteiger partial charge in [-0.25, -0.2) is 0 Å². The predicted molar refractivity (Wildman–Crippen MR) is 63.2 cm³/mol. The molecule has 0 fully saturated rings. The second kappa shape index (κ2) is 6.48. The van der Waals surface area contributed by atoms with Crippen molar-refractivity contribution in [2.24, 2.45) is 5.73 Å². The van der Waals surface area contributed by atoms with Gasteiger partial charge in [-0.15, -0.1) is 0 Å². The minimum absolute atomic E-state index is 0.337. The fraction of sp³-hybridized carbons (Fsp3) is 0.364. The number of nitrogens with two attached hydrogens (primary N) is 1. The van der Waals surface area contributed by atoms with Crippen molar-refractivity contribution in [2.45, 2.75) is 12.5 Å². The standard InChI is InChI=1S/C11H15ClN2O2/c12-9-3-1-8(2-4-9)5-6-14-11(16)10(13)7-15/h1-4,10,15H,5-7,13H2,(H,14,16). The van der Waals surface area contributed by atoms with Crippen LogP contribution in [0.25, 0.3) is 0 Å². The maximum Gasteiger partial charge on any atom is 0.239 e. The highest BCUT2D eigenvalue weighted by Crippen LogP contribution is 2.09. The molecule has 1 unspecified atom stereocenters. The molecule has 0 aliphatic rings. The van der Waals surface area contributed by atoms with E-state index >= 15 is 0 Å². The van der Waals surface area contributed by atoms with Crippen molar-refractivity contribution >= 4 is 17.5 Å². The van der Waals surface area contributed by atoms with Crippen molar-refractivity contribution < 1.29 is 9.90 Å². The molecule has 88 valence electrons. The SMILES string of the molecule is NC(CO)C(=O)NCCc1ccc(Cl)cc1. The average Bonchev–Trinajstić information content (AvgIpc) is 2.30. The van der Waals surface area contributed by atoms with Gasteiger partial charge in [0.05, 0.1) is 6.61 Å². The number of carbonyl (C=O) groups excluding carboxylic acids is 1. The zero-order chi connectivity index (χ0) is 12.0. The van der Waals surface area contributed by atoms with E-state index in [1.807, 2.05) is 12.1 Å². The Morgan fingerprint density at radius 1 is 1.44 bits per heavy atom. The first-order chi connectivity index (χ1) is 7.63. The van der Waals surface area contributed by atoms with Crippen molar-refractivity contribution in [3.8, 4) is 0 Å². The Labute approximate surface area is 99.4 Å². The Hall–Kier alpha value is -1.10. The monoisotopic (exact) mass is 242 g/mol. The van der Waals surface area contributed by atoms with Crippen LogP contribution in [0.2, 0.25) is 5.02 Å². The van der Waals surface area contributed by atoms with Crippen LogP contribution in [-0.4, -0.2) is 30.2 Å². The Morgan fingerprint density at radius 3 is 2.62 bits per heavy atom. The van der Waals surface area contributed by atoms with E-state index in [9.17, 15) is 4.79 Å². The number of aliphatic hydroxyl groups excluding tert-OH is 1. The van der Waals surface area contributed by atoms with Gasteiger partial charge >= 0.3 is 0 Å². The lowest BCUT2D eigenvalue weighted by atomic mass is 10.1. The van der Waals surface area contributed by atoms with Crippen molar-refractivity contribution in [3.63, 3.8) is 0 Å². The van der Waals surface area contributed by atoms with Gasteiger partial charge in [0, 0.05) is 11.6 Å². The van der Waals surface area contributed by atoms with Crippen molar-refractivity contribution in [1.82, 2.24) is 5.32 Å². The molecule has 4 N–H and O–H groups in total. The summed E-state index contributed by atoms with van der Waals surface area (Å²) in [5.41, 5.74) is 6.42. The lowest BCUT2D eigenvalue weighted by molar-refractivity contribution is -0.123. The molecular formula is C11H15ClN2O2. The average molecular weight is 243 g/mol. The van der Waals surface area contributed by atoms with Crippen LogP contribution in [-0.2, 0) is 11.2 Å². The topological polar surface area (TPSA) is 75.3 Å². The van der Waals surface area contributed by atoms with Crippen LogP contribution in [0.4, 0.5) is 0 Å². The lowest BCUT2D eigenvalue weighted by Gasteiger charge is -2.09. The molecule has 1 rings (SSSR count). The highest BCUT2D eigenvalue weighted by Gasteiger charge is 2.10. The Bertz CT molecular complexity index is 340. The normalized spacial score (nSPS) is 12.2. The summed E-state index contributed by atoms with van der Waals surface area (Å²) >= 11 is 5.74. The van der Waals surface area contributed by atoms with Gasteiger partial charge in [0.15, 0.2) is 0 Å². The van der Waals surface area contributed by atoms with E-state index in [4.69, 9.17) is 22.4 Å². The maximum atomic E-state index is 11.2. The fourth-order valence-electron chi connectivity index (χ4n) is 1.20. The third kappa shape index (κ3) is 4.18. The summed E-state index contributed by atoms with van der Waals surface area (Å²) in [6.07, 6.45) is 0.709. The largest absolute Gasteiger partial charge is 0.394 e. The van der Waals surface area contributed by atoms with Gasteiger partial charge in [-0.2, -0.15) is 0 Å². The smallest absolute Gasteiger partial charge is 0.239 e. The molecule has 0 aliphatic heterocycles. The van der Waals surface area contributed by atoms with Crippen molar-refractivity contribution in [3.05, 3.63) is 34.9 Å². The van der Waals surface area contributed by atoms with E-state index in [2.05, 4.69) is 5.32 Å². The molecule has 16 heavy (non-hydrogen) atoms. The van der Waals surface area contributed by atoms with Crippen LogP contribution in [0.1, 0.15) is 5.56 Å². The predicted octanol–water partition coefficient (Wildman–Crippen LogP) is 0.318. The Morgan fingerprint density at radius 2 is 2.06 bits per heavy atom. The number of halogens is 1. The molecule has 1 aromatic rings. The molecule has 0 aliphatic carbocycles. The first-order valence-electron chi connectivity index (χ1n) is 5.02. The molecule has 1 aromatic carbocycles. The van der Waals surface area contributed by atoms with Gasteiger partial charge in [0.1, 0.15) is 6.04 Å². The molecule has 0 spiro atoms. The summed E-state index contributed by atoms with van der Waals surface area (Å²) in [7, 11) is 0. The summed E-state index contributed by atoms with van der Waals surface area (Å²) in [4.78, 5) is 11.2. The third-order valence-electron chi connectivity index (χ3n) is 2.16. The van der Waals surface area contributed by atoms with Crippen LogP contribution in [0.5, 0.6) is 0 Å². The van der Waals surface area contributed by atoms with E-state index in [0.717, 1.165) is 5.56 Å². The van der Waals surface area contributed by atoms with Crippen LogP contribution in [0.3, 0.4) is 0 Å². The van der Waals surface area contributed by atoms with Gasteiger partial charge in [0.25, 0.3) is 0 Å². The zero-order valence-electron chi connectivity index (χ0n) is 8.82. The summed E-state index contributed by atoms with van der Waals surface area (Å²) in [6, 6.07) is 6.57. The second-order valence-electron chi connectivity index (χ2n) is 3.46. The van der Waals surface area contributed by atoms with Gasteiger partial charge < -0.3 is 16.2 Å². The minimum Gasteiger partial charge on any atom is -0.394 e. The number of benzene rings is 1. The van der Waals surface area contributed by atoms with E-state index in [-0.39, 0.29) is 12.5 Å². The summed E-state index contributed by atoms with van der Waals surface area (Å²) in [6.45, 7) is 0.154. The molecular weight excluding hydrogens is 228 g/mol. The third-order valence-corrected chi connectivity index (χ3v) is 2.41. The number of rotatable bonds is 5. The zero-order valence-corrected chi connectivity index (χ0v) is 9.57. The molecule has 1 amide bonds. The maximum absolute atomic E-state index is 11.2. The molecule has 0 radical (unpaired) electrons. The van der Waals surface area contributed by atoms with Gasteiger partial charge in [-0.05, 0) is 24.1 Å². The van der Waals surface area contributed by atoms with Crippen LogP contribution < -0.4 is 11.1 Å². The number of aliphatic hydroxyl groups is 1. The van der Waals surface area contributed by atoms with Crippen molar-refractivity contribution in [1.29, 1.82) is 0 Å². The van der Waals surface area contributed by atoms with Gasteiger partial charge in [0.2, 0.25) is 5.91 Å². The quantitative estimate of drug-likeness (QED) is 0.696. The minimum atomic E-state index is -0.842. The second-order valence-corrected chi connectivity index (χ2v) is 3.89. The van der Waals surface area contributed by atoms with E-state index in [0.29, 0.717) is 18.0 Å². The Kier molecular flexibility index (Phi) is 5.25. The molecule has 0 aromatic heterocycles. The number of hydrogen-bond acceptors (Lipinski definition) is 3. The highest BCUT2D eigenvalue weighted by atomic mass is 35.5. The summed E-state index contributed by atoms with van der Waals surface area (Å²) in [5, 5.41) is 12.0.